The van der Waals surface area contributed by atoms with Crippen LogP contribution in [0.3, 0.4) is 0 Å². The second kappa shape index (κ2) is 10.4. The molecule has 1 amide bonds. The van der Waals surface area contributed by atoms with Gasteiger partial charge in [0.2, 0.25) is 0 Å². The maximum Gasteiger partial charge on any atom is 0.311 e. The molecule has 0 atom stereocenters. The average molecular weight is 445 g/mol. The highest BCUT2D eigenvalue weighted by atomic mass is 32.1. The lowest BCUT2D eigenvalue weighted by Gasteiger charge is -2.41. The van der Waals surface area contributed by atoms with Crippen molar-refractivity contribution in [2.45, 2.75) is 89.6 Å². The fourth-order valence-electron chi connectivity index (χ4n) is 4.93. The first kappa shape index (κ1) is 22.1. The Hall–Kier alpha value is -2.15. The van der Waals surface area contributed by atoms with Gasteiger partial charge in [-0.2, -0.15) is 0 Å². The quantitative estimate of drug-likeness (QED) is 0.519. The van der Waals surface area contributed by atoms with Gasteiger partial charge in [0.25, 0.3) is 5.91 Å². The Kier molecular flexibility index (Phi) is 7.43. The van der Waals surface area contributed by atoms with E-state index in [1.165, 1.54) is 49.9 Å². The van der Waals surface area contributed by atoms with Gasteiger partial charge in [-0.15, -0.1) is 11.3 Å². The van der Waals surface area contributed by atoms with Crippen molar-refractivity contribution in [2.75, 3.05) is 6.61 Å². The number of hydrogen-bond acceptors (Lipinski definition) is 6. The van der Waals surface area contributed by atoms with Crippen LogP contribution in [0.5, 0.6) is 0 Å². The van der Waals surface area contributed by atoms with Crippen LogP contribution in [0.1, 0.15) is 86.5 Å². The molecule has 2 saturated carbocycles. The number of nitrogens with zero attached hydrogens (tertiary/aromatic N) is 2. The number of rotatable bonds is 7. The highest BCUT2D eigenvalue weighted by Gasteiger charge is 2.34. The van der Waals surface area contributed by atoms with Gasteiger partial charge in [-0.1, -0.05) is 43.7 Å². The van der Waals surface area contributed by atoms with E-state index in [0.29, 0.717) is 30.1 Å². The largest absolute Gasteiger partial charge is 0.466 e. The fourth-order valence-corrected chi connectivity index (χ4v) is 5.87. The van der Waals surface area contributed by atoms with Crippen molar-refractivity contribution in [1.29, 1.82) is 0 Å². The third-order valence-corrected chi connectivity index (χ3v) is 7.53. The molecule has 7 heteroatoms. The minimum Gasteiger partial charge on any atom is -0.466 e. The second-order valence-electron chi connectivity index (χ2n) is 8.62. The smallest absolute Gasteiger partial charge is 0.311 e. The Morgan fingerprint density at radius 2 is 1.71 bits per heavy atom. The van der Waals surface area contributed by atoms with E-state index in [-0.39, 0.29) is 18.3 Å². The third kappa shape index (κ3) is 5.37. The van der Waals surface area contributed by atoms with Crippen LogP contribution in [0.25, 0.3) is 10.6 Å². The number of carbonyl (C=O) groups excluding carboxylic acids is 2. The van der Waals surface area contributed by atoms with Crippen molar-refractivity contribution < 1.29 is 18.8 Å². The molecule has 0 unspecified atom stereocenters. The van der Waals surface area contributed by atoms with E-state index >= 15 is 0 Å². The van der Waals surface area contributed by atoms with Gasteiger partial charge < -0.3 is 14.2 Å². The van der Waals surface area contributed by atoms with E-state index < -0.39 is 0 Å². The normalized spacial score (nSPS) is 18.1. The summed E-state index contributed by atoms with van der Waals surface area (Å²) in [6.45, 7) is 2.18. The number of aromatic nitrogens is 1. The van der Waals surface area contributed by atoms with E-state index in [1.807, 2.05) is 12.1 Å². The first-order valence-corrected chi connectivity index (χ1v) is 12.5. The maximum absolute atomic E-state index is 13.6. The number of carbonyl (C=O) groups is 2. The van der Waals surface area contributed by atoms with Crippen LogP contribution in [0.2, 0.25) is 0 Å². The molecule has 2 aromatic rings. The van der Waals surface area contributed by atoms with Gasteiger partial charge in [-0.3, -0.25) is 9.59 Å². The number of ether oxygens (including phenoxy) is 1. The Morgan fingerprint density at radius 3 is 2.32 bits per heavy atom. The molecule has 0 radical (unpaired) electrons. The fraction of sp³-hybridized carbons (Fsp3) is 0.625. The van der Waals surface area contributed by atoms with Gasteiger partial charge in [-0.25, -0.2) is 0 Å². The van der Waals surface area contributed by atoms with Crippen molar-refractivity contribution in [3.63, 3.8) is 0 Å². The standard InChI is InChI=1S/C24H32N2O4S/c1-2-29-23(27)15-19-13-14-22(31-19)21-16-20(25-30-21)24(28)26(17-9-5-3-6-10-17)18-11-7-4-8-12-18/h13-14,16-18H,2-12,15H2,1H3. The van der Waals surface area contributed by atoms with Crippen LogP contribution in [-0.4, -0.2) is 40.6 Å². The molecule has 2 aliphatic rings. The molecule has 2 aromatic heterocycles. The van der Waals surface area contributed by atoms with Gasteiger partial charge >= 0.3 is 5.97 Å². The molecule has 0 aliphatic heterocycles. The topological polar surface area (TPSA) is 72.6 Å². The summed E-state index contributed by atoms with van der Waals surface area (Å²) in [5.74, 6) is 0.354. The Morgan fingerprint density at radius 1 is 1.06 bits per heavy atom. The summed E-state index contributed by atoms with van der Waals surface area (Å²) in [7, 11) is 0. The highest BCUT2D eigenvalue weighted by Crippen LogP contribution is 2.33. The Bertz CT molecular complexity index is 860. The summed E-state index contributed by atoms with van der Waals surface area (Å²) >= 11 is 1.47. The molecule has 0 bridgehead atoms. The van der Waals surface area contributed by atoms with E-state index in [0.717, 1.165) is 35.4 Å². The van der Waals surface area contributed by atoms with Gasteiger partial charge in [0.15, 0.2) is 11.5 Å². The lowest BCUT2D eigenvalue weighted by atomic mass is 9.88. The third-order valence-electron chi connectivity index (χ3n) is 6.43. The minimum absolute atomic E-state index is 0.0112. The summed E-state index contributed by atoms with van der Waals surface area (Å²) in [4.78, 5) is 29.2. The van der Waals surface area contributed by atoms with Crippen molar-refractivity contribution >= 4 is 23.2 Å². The van der Waals surface area contributed by atoms with E-state index in [9.17, 15) is 9.59 Å². The molecule has 2 aliphatic carbocycles. The molecular weight excluding hydrogens is 412 g/mol. The molecule has 0 N–H and O–H groups in total. The molecule has 0 aromatic carbocycles. The average Bonchev–Trinajstić information content (AvgIpc) is 3.45. The van der Waals surface area contributed by atoms with Crippen molar-refractivity contribution in [1.82, 2.24) is 10.1 Å². The number of esters is 1. The predicted octanol–water partition coefficient (Wildman–Crippen LogP) is 5.62. The van der Waals surface area contributed by atoms with Crippen LogP contribution in [0.15, 0.2) is 22.7 Å². The summed E-state index contributed by atoms with van der Waals surface area (Å²) in [6, 6.07) is 6.22. The molecule has 2 heterocycles. The minimum atomic E-state index is -0.236. The van der Waals surface area contributed by atoms with Gasteiger partial charge in [0.05, 0.1) is 17.9 Å². The molecule has 31 heavy (non-hydrogen) atoms. The molecular formula is C24H32N2O4S. The maximum atomic E-state index is 13.6. The highest BCUT2D eigenvalue weighted by molar-refractivity contribution is 7.15. The zero-order valence-corrected chi connectivity index (χ0v) is 19.1. The Labute approximate surface area is 187 Å². The number of hydrogen-bond donors (Lipinski definition) is 0. The zero-order valence-electron chi connectivity index (χ0n) is 18.3. The van der Waals surface area contributed by atoms with E-state index in [1.54, 1.807) is 13.0 Å². The molecule has 168 valence electrons. The monoisotopic (exact) mass is 444 g/mol. The lowest BCUT2D eigenvalue weighted by molar-refractivity contribution is -0.142. The molecule has 2 fully saturated rings. The first-order valence-electron chi connectivity index (χ1n) is 11.7. The van der Waals surface area contributed by atoms with E-state index in [2.05, 4.69) is 10.1 Å². The predicted molar refractivity (Wildman–Crippen MR) is 120 cm³/mol. The van der Waals surface area contributed by atoms with E-state index in [4.69, 9.17) is 9.26 Å². The van der Waals surface area contributed by atoms with Crippen LogP contribution >= 0.6 is 11.3 Å². The van der Waals surface area contributed by atoms with Crippen LogP contribution < -0.4 is 0 Å². The van der Waals surface area contributed by atoms with Gasteiger partial charge in [0.1, 0.15) is 0 Å². The summed E-state index contributed by atoms with van der Waals surface area (Å²) in [5, 5.41) is 4.15. The molecule has 4 rings (SSSR count). The second-order valence-corrected chi connectivity index (χ2v) is 9.79. The van der Waals surface area contributed by atoms with Crippen LogP contribution in [0, 0.1) is 0 Å². The summed E-state index contributed by atoms with van der Waals surface area (Å²) in [6.07, 6.45) is 11.9. The summed E-state index contributed by atoms with van der Waals surface area (Å²) in [5.41, 5.74) is 0.395. The van der Waals surface area contributed by atoms with Crippen LogP contribution in [-0.2, 0) is 16.0 Å². The molecule has 0 saturated heterocycles. The number of amides is 1. The summed E-state index contributed by atoms with van der Waals surface area (Å²) < 4.78 is 10.6. The van der Waals surface area contributed by atoms with Crippen LogP contribution in [0.4, 0.5) is 0 Å². The van der Waals surface area contributed by atoms with Crippen molar-refractivity contribution in [3.8, 4) is 10.6 Å². The SMILES string of the molecule is CCOC(=O)Cc1ccc(-c2cc(C(=O)N(C3CCCCC3)C3CCCCC3)no2)s1. The zero-order chi connectivity index (χ0) is 21.6. The molecule has 6 nitrogen and oxygen atoms in total. The van der Waals surface area contributed by atoms with Crippen molar-refractivity contribution in [3.05, 3.63) is 28.8 Å². The van der Waals surface area contributed by atoms with Gasteiger partial charge in [-0.05, 0) is 44.7 Å². The Balaban J connectivity index is 1.50. The van der Waals surface area contributed by atoms with Gasteiger partial charge in [0, 0.05) is 23.0 Å². The lowest BCUT2D eigenvalue weighted by Crippen LogP contribution is -2.48. The molecule has 0 spiro atoms. The number of thiophene rings is 1. The first-order chi connectivity index (χ1) is 15.2. The van der Waals surface area contributed by atoms with Crippen molar-refractivity contribution in [2.24, 2.45) is 0 Å².